The lowest BCUT2D eigenvalue weighted by atomic mass is 10.00. The van der Waals surface area contributed by atoms with Crippen LogP contribution in [0.5, 0.6) is 0 Å². The van der Waals surface area contributed by atoms with Crippen molar-refractivity contribution >= 4 is 18.7 Å². The van der Waals surface area contributed by atoms with Gasteiger partial charge < -0.3 is 29.6 Å². The van der Waals surface area contributed by atoms with Crippen molar-refractivity contribution < 1.29 is 29.6 Å². The highest BCUT2D eigenvalue weighted by molar-refractivity contribution is 6.99. The third kappa shape index (κ3) is 4.04. The fourth-order valence-corrected chi connectivity index (χ4v) is 8.59. The van der Waals surface area contributed by atoms with Crippen LogP contribution in [0.4, 0.5) is 0 Å². The van der Waals surface area contributed by atoms with E-state index in [4.69, 9.17) is 9.16 Å². The molecule has 7 heteroatoms. The lowest BCUT2D eigenvalue weighted by molar-refractivity contribution is -0.280. The Morgan fingerprint density at radius 3 is 1.72 bits per heavy atom. The number of aliphatic hydroxyl groups is 4. The van der Waals surface area contributed by atoms with Gasteiger partial charge in [-0.2, -0.15) is 0 Å². The van der Waals surface area contributed by atoms with E-state index < -0.39 is 45.6 Å². The number of ether oxygens (including phenoxy) is 1. The van der Waals surface area contributed by atoms with Crippen molar-refractivity contribution in [2.75, 3.05) is 6.61 Å². The number of aliphatic hydroxyl groups excluding tert-OH is 4. The van der Waals surface area contributed by atoms with Gasteiger partial charge in [0.15, 0.2) is 6.29 Å². The summed E-state index contributed by atoms with van der Waals surface area (Å²) in [5.74, 6) is 0. The summed E-state index contributed by atoms with van der Waals surface area (Å²) in [5.41, 5.74) is 0. The van der Waals surface area contributed by atoms with Crippen LogP contribution < -0.4 is 10.4 Å². The van der Waals surface area contributed by atoms with Gasteiger partial charge in [0.25, 0.3) is 8.32 Å². The van der Waals surface area contributed by atoms with E-state index in [2.05, 4.69) is 20.8 Å². The van der Waals surface area contributed by atoms with Crippen LogP contribution in [0, 0.1) is 0 Å². The van der Waals surface area contributed by atoms with Gasteiger partial charge in [0.1, 0.15) is 24.4 Å². The molecule has 0 bridgehead atoms. The van der Waals surface area contributed by atoms with E-state index in [1.165, 1.54) is 0 Å². The van der Waals surface area contributed by atoms with Crippen LogP contribution in [-0.4, -0.2) is 66.1 Å². The topological polar surface area (TPSA) is 99.4 Å². The van der Waals surface area contributed by atoms with Crippen molar-refractivity contribution in [3.63, 3.8) is 0 Å². The minimum absolute atomic E-state index is 0.353. The van der Waals surface area contributed by atoms with Crippen LogP contribution in [0.25, 0.3) is 0 Å². The number of hydrogen-bond donors (Lipinski definition) is 4. The first-order valence-corrected chi connectivity index (χ1v) is 11.7. The molecule has 29 heavy (non-hydrogen) atoms. The molecule has 0 aliphatic carbocycles. The zero-order valence-corrected chi connectivity index (χ0v) is 18.0. The normalized spacial score (nSPS) is 28.3. The Morgan fingerprint density at radius 2 is 1.31 bits per heavy atom. The molecule has 2 aromatic carbocycles. The van der Waals surface area contributed by atoms with Crippen molar-refractivity contribution in [3.05, 3.63) is 60.7 Å². The van der Waals surface area contributed by atoms with Crippen molar-refractivity contribution in [1.82, 2.24) is 0 Å². The molecule has 158 valence electrons. The molecular formula is C22H30O6Si. The summed E-state index contributed by atoms with van der Waals surface area (Å²) in [7, 11) is -3.03. The summed E-state index contributed by atoms with van der Waals surface area (Å²) in [6.07, 6.45) is -6.57. The van der Waals surface area contributed by atoms with E-state index in [-0.39, 0.29) is 5.04 Å². The maximum atomic E-state index is 10.6. The zero-order valence-electron chi connectivity index (χ0n) is 17.0. The van der Waals surface area contributed by atoms with Crippen LogP contribution in [0.1, 0.15) is 20.8 Å². The summed E-state index contributed by atoms with van der Waals surface area (Å²) >= 11 is 0. The van der Waals surface area contributed by atoms with Crippen LogP contribution in [0.3, 0.4) is 0 Å². The van der Waals surface area contributed by atoms with E-state index in [0.29, 0.717) is 0 Å². The van der Waals surface area contributed by atoms with Gasteiger partial charge in [-0.3, -0.25) is 0 Å². The number of rotatable bonds is 5. The largest absolute Gasteiger partial charge is 0.394 e. The van der Waals surface area contributed by atoms with Gasteiger partial charge in [-0.25, -0.2) is 0 Å². The Morgan fingerprint density at radius 1 is 0.828 bits per heavy atom. The minimum Gasteiger partial charge on any atom is -0.394 e. The molecule has 0 radical (unpaired) electrons. The average Bonchev–Trinajstić information content (AvgIpc) is 2.72. The van der Waals surface area contributed by atoms with Gasteiger partial charge in [0.2, 0.25) is 0 Å². The molecule has 6 nitrogen and oxygen atoms in total. The highest BCUT2D eigenvalue weighted by Gasteiger charge is 2.55. The second-order valence-electron chi connectivity index (χ2n) is 8.48. The van der Waals surface area contributed by atoms with Gasteiger partial charge in [0, 0.05) is 0 Å². The monoisotopic (exact) mass is 418 g/mol. The van der Waals surface area contributed by atoms with Gasteiger partial charge in [-0.05, 0) is 15.4 Å². The Hall–Kier alpha value is -1.58. The Balaban J connectivity index is 2.13. The molecule has 1 fully saturated rings. The molecule has 0 unspecified atom stereocenters. The Bertz CT molecular complexity index is 737. The Labute approximate surface area is 172 Å². The predicted molar refractivity (Wildman–Crippen MR) is 112 cm³/mol. The van der Waals surface area contributed by atoms with Crippen molar-refractivity contribution in [3.8, 4) is 0 Å². The van der Waals surface area contributed by atoms with Crippen molar-refractivity contribution in [2.45, 2.75) is 56.5 Å². The summed E-state index contributed by atoms with van der Waals surface area (Å²) in [5, 5.41) is 42.2. The van der Waals surface area contributed by atoms with Crippen LogP contribution >= 0.6 is 0 Å². The molecule has 0 spiro atoms. The second kappa shape index (κ2) is 8.65. The molecule has 3 rings (SSSR count). The number of hydrogen-bond acceptors (Lipinski definition) is 6. The van der Waals surface area contributed by atoms with E-state index in [0.717, 1.165) is 10.4 Å². The Kier molecular flexibility index (Phi) is 6.60. The smallest absolute Gasteiger partial charge is 0.264 e. The van der Waals surface area contributed by atoms with Gasteiger partial charge in [-0.15, -0.1) is 0 Å². The van der Waals surface area contributed by atoms with E-state index in [9.17, 15) is 20.4 Å². The van der Waals surface area contributed by atoms with E-state index in [1.807, 2.05) is 60.7 Å². The van der Waals surface area contributed by atoms with Crippen molar-refractivity contribution in [1.29, 1.82) is 0 Å². The molecule has 0 saturated carbocycles. The van der Waals surface area contributed by atoms with Gasteiger partial charge in [0.05, 0.1) is 6.61 Å². The van der Waals surface area contributed by atoms with E-state index >= 15 is 0 Å². The molecule has 5 atom stereocenters. The molecule has 4 N–H and O–H groups in total. The summed E-state index contributed by atoms with van der Waals surface area (Å²) in [6, 6.07) is 19.7. The fourth-order valence-electron chi connectivity index (χ4n) is 4.03. The lowest BCUT2D eigenvalue weighted by Crippen LogP contribution is -2.71. The standard InChI is InChI=1S/C22H30O6Si/c1-22(2,3)29(15-10-6-4-7-11-15,16-12-8-5-9-13-16)28-21-20(26)19(25)18(24)17(14-23)27-21/h4-13,17-21,23-26H,14H2,1-3H3/t17-,18-,19+,20-,21+/m1/s1. The summed E-state index contributed by atoms with van der Waals surface area (Å²) in [6.45, 7) is 5.77. The highest BCUT2D eigenvalue weighted by Crippen LogP contribution is 2.39. The van der Waals surface area contributed by atoms with Crippen LogP contribution in [0.15, 0.2) is 60.7 Å². The lowest BCUT2D eigenvalue weighted by Gasteiger charge is -2.48. The molecular weight excluding hydrogens is 388 g/mol. The fraction of sp³-hybridized carbons (Fsp3) is 0.455. The van der Waals surface area contributed by atoms with Crippen LogP contribution in [-0.2, 0) is 9.16 Å². The number of benzene rings is 2. The summed E-state index contributed by atoms with van der Waals surface area (Å²) in [4.78, 5) is 0. The first-order valence-electron chi connectivity index (χ1n) is 9.82. The second-order valence-corrected chi connectivity index (χ2v) is 12.7. The quantitative estimate of drug-likeness (QED) is 0.524. The third-order valence-electron chi connectivity index (χ3n) is 5.56. The van der Waals surface area contributed by atoms with Gasteiger partial charge >= 0.3 is 0 Å². The molecule has 1 aliphatic rings. The van der Waals surface area contributed by atoms with Crippen molar-refractivity contribution in [2.24, 2.45) is 0 Å². The molecule has 1 heterocycles. The first kappa shape index (κ1) is 22.1. The molecule has 0 aromatic heterocycles. The van der Waals surface area contributed by atoms with Crippen LogP contribution in [0.2, 0.25) is 5.04 Å². The van der Waals surface area contributed by atoms with E-state index in [1.54, 1.807) is 0 Å². The summed E-state index contributed by atoms with van der Waals surface area (Å²) < 4.78 is 12.4. The first-order chi connectivity index (χ1) is 13.7. The molecule has 2 aromatic rings. The van der Waals surface area contributed by atoms with Gasteiger partial charge in [-0.1, -0.05) is 81.4 Å². The minimum atomic E-state index is -3.03. The predicted octanol–water partition coefficient (Wildman–Crippen LogP) is 0.363. The molecule has 1 saturated heterocycles. The molecule has 1 aliphatic heterocycles. The highest BCUT2D eigenvalue weighted by atomic mass is 28.4. The average molecular weight is 419 g/mol. The zero-order chi connectivity index (χ0) is 21.2. The maximum absolute atomic E-state index is 10.6. The third-order valence-corrected chi connectivity index (χ3v) is 10.5. The SMILES string of the molecule is CC(C)(C)[Si](O[C@@H]1O[C@H](CO)[C@@H](O)[C@H](O)[C@H]1O)(c1ccccc1)c1ccccc1. The molecule has 0 amide bonds. The maximum Gasteiger partial charge on any atom is 0.264 e.